The molecule has 5 nitrogen and oxygen atoms in total. The number of para-hydroxylation sites is 1. The molecule has 0 aliphatic rings. The van der Waals surface area contributed by atoms with Gasteiger partial charge in [-0.1, -0.05) is 35.9 Å². The summed E-state index contributed by atoms with van der Waals surface area (Å²) in [4.78, 5) is 19.7. The molecule has 2 rings (SSSR count). The van der Waals surface area contributed by atoms with Crippen LogP contribution >= 0.6 is 11.6 Å². The molecule has 0 bridgehead atoms. The zero-order valence-electron chi connectivity index (χ0n) is 11.5. The Balaban J connectivity index is 2.39. The zero-order chi connectivity index (χ0) is 15.2. The second-order valence-corrected chi connectivity index (χ2v) is 4.36. The number of esters is 1. The highest BCUT2D eigenvalue weighted by Gasteiger charge is 2.16. The van der Waals surface area contributed by atoms with Crippen molar-refractivity contribution in [1.82, 2.24) is 9.97 Å². The summed E-state index contributed by atoms with van der Waals surface area (Å²) < 4.78 is 10.4. The Hall–Kier alpha value is -2.40. The van der Waals surface area contributed by atoms with Gasteiger partial charge < -0.3 is 9.47 Å². The highest BCUT2D eigenvalue weighted by atomic mass is 35.5. The Labute approximate surface area is 127 Å². The topological polar surface area (TPSA) is 61.3 Å². The number of ether oxygens (including phenoxy) is 2. The van der Waals surface area contributed by atoms with Crippen LogP contribution in [-0.2, 0) is 9.53 Å². The number of hydrogen-bond acceptors (Lipinski definition) is 5. The lowest BCUT2D eigenvalue weighted by atomic mass is 10.0. The number of benzene rings is 1. The van der Waals surface area contributed by atoms with E-state index in [2.05, 4.69) is 9.97 Å². The first-order valence-corrected chi connectivity index (χ1v) is 6.53. The first kappa shape index (κ1) is 15.0. The quantitative estimate of drug-likeness (QED) is 0.639. The zero-order valence-corrected chi connectivity index (χ0v) is 12.3. The Bertz CT molecular complexity index is 686. The second kappa shape index (κ2) is 6.85. The van der Waals surface area contributed by atoms with Crippen LogP contribution in [0.25, 0.3) is 5.57 Å². The molecule has 0 N–H and O–H groups in total. The summed E-state index contributed by atoms with van der Waals surface area (Å²) in [5.74, 6) is 0.272. The van der Waals surface area contributed by atoms with E-state index in [1.807, 2.05) is 0 Å². The molecule has 0 spiro atoms. The van der Waals surface area contributed by atoms with Crippen LogP contribution in [0.15, 0.2) is 42.7 Å². The summed E-state index contributed by atoms with van der Waals surface area (Å²) in [6.07, 6.45) is 4.51. The number of hydrogen-bond donors (Lipinski definition) is 0. The Morgan fingerprint density at radius 2 is 2.05 bits per heavy atom. The van der Waals surface area contributed by atoms with Crippen molar-refractivity contribution in [3.63, 3.8) is 0 Å². The van der Waals surface area contributed by atoms with Gasteiger partial charge in [0.2, 0.25) is 5.88 Å². The van der Waals surface area contributed by atoms with E-state index in [-0.39, 0.29) is 11.0 Å². The van der Waals surface area contributed by atoms with Gasteiger partial charge in [-0.15, -0.1) is 0 Å². The summed E-state index contributed by atoms with van der Waals surface area (Å²) in [5.41, 5.74) is 1.01. The normalized spacial score (nSPS) is 11.1. The van der Waals surface area contributed by atoms with Gasteiger partial charge >= 0.3 is 5.97 Å². The number of nitrogens with zero attached hydrogens (tertiary/aromatic N) is 2. The van der Waals surface area contributed by atoms with Gasteiger partial charge in [0.1, 0.15) is 5.75 Å². The molecule has 0 radical (unpaired) electrons. The highest BCUT2D eigenvalue weighted by molar-refractivity contribution is 6.29. The van der Waals surface area contributed by atoms with E-state index in [1.165, 1.54) is 19.5 Å². The lowest BCUT2D eigenvalue weighted by molar-refractivity contribution is -0.133. The first-order valence-electron chi connectivity index (χ1n) is 6.15. The molecule has 1 aromatic heterocycles. The standard InChI is InChI=1S/C15H13ClN2O3/c1-3-10(15(19)20-2)11-6-4-5-7-12(11)21-14-9-17-8-13(16)18-14/h3-9H,1-2H3. The number of carbonyl (C=O) groups is 1. The molecule has 0 unspecified atom stereocenters. The minimum Gasteiger partial charge on any atom is -0.465 e. The molecule has 1 aromatic carbocycles. The van der Waals surface area contributed by atoms with Crippen LogP contribution in [0, 0.1) is 0 Å². The lowest BCUT2D eigenvalue weighted by Gasteiger charge is -2.11. The Kier molecular flexibility index (Phi) is 4.90. The van der Waals surface area contributed by atoms with Gasteiger partial charge in [-0.2, -0.15) is 4.98 Å². The van der Waals surface area contributed by atoms with Crippen molar-refractivity contribution in [3.8, 4) is 11.6 Å². The molecule has 21 heavy (non-hydrogen) atoms. The highest BCUT2D eigenvalue weighted by Crippen LogP contribution is 2.30. The molecule has 0 saturated carbocycles. The minimum atomic E-state index is -0.439. The van der Waals surface area contributed by atoms with Crippen LogP contribution in [-0.4, -0.2) is 23.0 Å². The molecule has 2 aromatic rings. The summed E-state index contributed by atoms with van der Waals surface area (Å²) in [6, 6.07) is 7.09. The van der Waals surface area contributed by atoms with Gasteiger partial charge in [-0.3, -0.25) is 4.98 Å². The average Bonchev–Trinajstić information content (AvgIpc) is 2.49. The fraction of sp³-hybridized carbons (Fsp3) is 0.133. The fourth-order valence-electron chi connectivity index (χ4n) is 1.76. The molecule has 0 atom stereocenters. The molecule has 0 aliphatic carbocycles. The third-order valence-corrected chi connectivity index (χ3v) is 2.85. The van der Waals surface area contributed by atoms with Crippen molar-refractivity contribution in [2.45, 2.75) is 6.92 Å². The van der Waals surface area contributed by atoms with Crippen molar-refractivity contribution < 1.29 is 14.3 Å². The monoisotopic (exact) mass is 304 g/mol. The van der Waals surface area contributed by atoms with Crippen molar-refractivity contribution in [2.24, 2.45) is 0 Å². The van der Waals surface area contributed by atoms with E-state index in [1.54, 1.807) is 37.3 Å². The van der Waals surface area contributed by atoms with Crippen LogP contribution < -0.4 is 4.74 Å². The summed E-state index contributed by atoms with van der Waals surface area (Å²) in [6.45, 7) is 1.75. The van der Waals surface area contributed by atoms with Crippen molar-refractivity contribution in [3.05, 3.63) is 53.5 Å². The van der Waals surface area contributed by atoms with Gasteiger partial charge in [0.15, 0.2) is 5.15 Å². The van der Waals surface area contributed by atoms with Crippen LogP contribution in [0.2, 0.25) is 5.15 Å². The van der Waals surface area contributed by atoms with Crippen molar-refractivity contribution in [1.29, 1.82) is 0 Å². The van der Waals surface area contributed by atoms with E-state index >= 15 is 0 Å². The number of halogens is 1. The SMILES string of the molecule is CC=C(C(=O)OC)c1ccccc1Oc1cncc(Cl)n1. The molecule has 6 heteroatoms. The van der Waals surface area contributed by atoms with Gasteiger partial charge in [0, 0.05) is 5.56 Å². The number of rotatable bonds is 4. The third-order valence-electron chi connectivity index (χ3n) is 2.67. The smallest absolute Gasteiger partial charge is 0.338 e. The fourth-order valence-corrected chi connectivity index (χ4v) is 1.90. The van der Waals surface area contributed by atoms with E-state index < -0.39 is 5.97 Å². The van der Waals surface area contributed by atoms with E-state index in [0.717, 1.165) is 0 Å². The Morgan fingerprint density at radius 1 is 1.29 bits per heavy atom. The summed E-state index contributed by atoms with van der Waals surface area (Å²) in [7, 11) is 1.33. The molecule has 1 heterocycles. The van der Waals surface area contributed by atoms with Crippen LogP contribution in [0.1, 0.15) is 12.5 Å². The minimum absolute atomic E-state index is 0.226. The van der Waals surface area contributed by atoms with E-state index in [0.29, 0.717) is 16.9 Å². The summed E-state index contributed by atoms with van der Waals surface area (Å²) in [5, 5.41) is 0.226. The van der Waals surface area contributed by atoms with E-state index in [9.17, 15) is 4.79 Å². The Morgan fingerprint density at radius 3 is 2.71 bits per heavy atom. The molecule has 0 aliphatic heterocycles. The molecule has 108 valence electrons. The van der Waals surface area contributed by atoms with E-state index in [4.69, 9.17) is 21.1 Å². The molecular weight excluding hydrogens is 292 g/mol. The van der Waals surface area contributed by atoms with Crippen molar-refractivity contribution in [2.75, 3.05) is 7.11 Å². The second-order valence-electron chi connectivity index (χ2n) is 3.97. The average molecular weight is 305 g/mol. The van der Waals surface area contributed by atoms with Crippen molar-refractivity contribution >= 4 is 23.1 Å². The predicted octanol–water partition coefficient (Wildman–Crippen LogP) is 3.50. The number of carbonyl (C=O) groups excluding carboxylic acids is 1. The van der Waals surface area contributed by atoms with Gasteiger partial charge in [0.05, 0.1) is 25.1 Å². The number of allylic oxidation sites excluding steroid dienone is 1. The maximum absolute atomic E-state index is 11.8. The largest absolute Gasteiger partial charge is 0.465 e. The van der Waals surface area contributed by atoms with Crippen LogP contribution in [0.4, 0.5) is 0 Å². The number of methoxy groups -OCH3 is 1. The summed E-state index contributed by atoms with van der Waals surface area (Å²) >= 11 is 5.77. The predicted molar refractivity (Wildman–Crippen MR) is 79.2 cm³/mol. The molecule has 0 saturated heterocycles. The molecule has 0 fully saturated rings. The lowest BCUT2D eigenvalue weighted by Crippen LogP contribution is -2.05. The molecule has 0 amide bonds. The van der Waals surface area contributed by atoms with Gasteiger partial charge in [-0.25, -0.2) is 4.79 Å². The van der Waals surface area contributed by atoms with Gasteiger partial charge in [0.25, 0.3) is 0 Å². The van der Waals surface area contributed by atoms with Crippen LogP contribution in [0.3, 0.4) is 0 Å². The maximum atomic E-state index is 11.8. The van der Waals surface area contributed by atoms with Crippen LogP contribution in [0.5, 0.6) is 11.6 Å². The first-order chi connectivity index (χ1) is 10.2. The third kappa shape index (κ3) is 3.58. The van der Waals surface area contributed by atoms with Gasteiger partial charge in [-0.05, 0) is 13.0 Å². The number of aromatic nitrogens is 2. The maximum Gasteiger partial charge on any atom is 0.338 e. The molecular formula is C15H13ClN2O3.